The minimum atomic E-state index is -4.24. The van der Waals surface area contributed by atoms with Crippen LogP contribution in [-0.2, 0) is 57.2 Å². The minimum Gasteiger partial charge on any atom is -0.455 e. The van der Waals surface area contributed by atoms with Crippen LogP contribution in [0.3, 0.4) is 0 Å². The van der Waals surface area contributed by atoms with E-state index in [1.807, 2.05) is 25.9 Å². The number of likely N-dealkylation sites (N-methyl/N-ethyl adjacent to an activating group) is 1. The largest absolute Gasteiger partial charge is 0.455 e. The highest BCUT2D eigenvalue weighted by Gasteiger charge is 2.53. The molecule has 0 saturated carbocycles. The fourth-order valence-corrected chi connectivity index (χ4v) is 7.58. The van der Waals surface area contributed by atoms with Gasteiger partial charge in [0, 0.05) is 31.8 Å². The fraction of sp³-hybridized carbons (Fsp3) is 0.818. The maximum atomic E-state index is 14.1. The molecule has 0 spiro atoms. The molecule has 0 aromatic heterocycles. The minimum absolute atomic E-state index is 0.0516. The monoisotopic (exact) mass is 705 g/mol. The van der Waals surface area contributed by atoms with Crippen molar-refractivity contribution in [1.82, 2.24) is 4.90 Å². The Balaban J connectivity index is 2.77. The molecule has 48 heavy (non-hydrogen) atoms. The van der Waals surface area contributed by atoms with Crippen molar-refractivity contribution in [2.75, 3.05) is 27.5 Å². The van der Waals surface area contributed by atoms with E-state index in [4.69, 9.17) is 27.9 Å². The van der Waals surface area contributed by atoms with E-state index < -0.39 is 99.2 Å². The van der Waals surface area contributed by atoms with Crippen molar-refractivity contribution in [3.05, 3.63) is 12.7 Å². The topological polar surface area (TPSA) is 181 Å². The number of Topliss-reactive ketones (excluding diaryl/α,β-unsaturated/α-hetero) is 2. The van der Waals surface area contributed by atoms with E-state index in [9.17, 15) is 32.7 Å². The number of aliphatic hydroxyl groups is 1. The molecule has 2 rings (SSSR count). The van der Waals surface area contributed by atoms with Crippen LogP contribution in [0.1, 0.15) is 68.2 Å². The van der Waals surface area contributed by atoms with Gasteiger partial charge in [-0.05, 0) is 60.7 Å². The van der Waals surface area contributed by atoms with Gasteiger partial charge >= 0.3 is 11.9 Å². The highest BCUT2D eigenvalue weighted by Crippen LogP contribution is 2.39. The van der Waals surface area contributed by atoms with E-state index >= 15 is 0 Å². The summed E-state index contributed by atoms with van der Waals surface area (Å²) in [5, 5.41) is 11.6. The third kappa shape index (κ3) is 9.70. The van der Waals surface area contributed by atoms with Gasteiger partial charge < -0.3 is 33.7 Å². The summed E-state index contributed by atoms with van der Waals surface area (Å²) in [4.78, 5) is 55.6. The standard InChI is InChI=1S/C33H55NO13S/c1-14-24-33(9,39)29(47-48(13,40)41)19(4)25(36)17(2)16-32(8,42-12)28(20(5)26(37)21(6)30(38)45-24)46-31-27(44-22(7)35)23(34(10)11)15-18(3)43-31/h14,17-21,23-24,27-29,31,39H,1,15-16H2,2-13H3/t17-,18-,19+,20+,21-,23+,24-,27-,28-,29-,31+,32-,33-/m1/s1. The molecule has 0 unspecified atom stereocenters. The molecule has 0 aliphatic carbocycles. The highest BCUT2D eigenvalue weighted by atomic mass is 32.2. The smallest absolute Gasteiger partial charge is 0.316 e. The molecule has 1 N–H and O–H groups in total. The summed E-state index contributed by atoms with van der Waals surface area (Å²) < 4.78 is 60.0. The number of carbonyl (C=O) groups excluding carboxylic acids is 4. The zero-order chi connectivity index (χ0) is 37.1. The summed E-state index contributed by atoms with van der Waals surface area (Å²) in [5.41, 5.74) is -3.68. The van der Waals surface area contributed by atoms with Crippen LogP contribution < -0.4 is 0 Å². The number of methoxy groups -OCH3 is 1. The third-order valence-corrected chi connectivity index (χ3v) is 10.1. The Labute approximate surface area is 284 Å². The Morgan fingerprint density at radius 1 is 1.04 bits per heavy atom. The van der Waals surface area contributed by atoms with Gasteiger partial charge in [-0.2, -0.15) is 8.42 Å². The van der Waals surface area contributed by atoms with Crippen molar-refractivity contribution in [3.63, 3.8) is 0 Å². The summed E-state index contributed by atoms with van der Waals surface area (Å²) in [7, 11) is 0.815. The lowest BCUT2D eigenvalue weighted by Gasteiger charge is -2.47. The number of nitrogens with zero attached hydrogens (tertiary/aromatic N) is 1. The zero-order valence-corrected chi connectivity index (χ0v) is 31.1. The highest BCUT2D eigenvalue weighted by molar-refractivity contribution is 7.86. The second-order valence-corrected chi connectivity index (χ2v) is 15.6. The van der Waals surface area contributed by atoms with Crippen LogP contribution in [0.5, 0.6) is 0 Å². The van der Waals surface area contributed by atoms with Crippen LogP contribution in [0.25, 0.3) is 0 Å². The normalized spacial score (nSPS) is 41.0. The van der Waals surface area contributed by atoms with Crippen molar-refractivity contribution in [3.8, 4) is 0 Å². The van der Waals surface area contributed by atoms with Gasteiger partial charge in [-0.3, -0.25) is 23.4 Å². The van der Waals surface area contributed by atoms with Gasteiger partial charge in [0.2, 0.25) is 0 Å². The van der Waals surface area contributed by atoms with Crippen LogP contribution in [-0.4, -0.2) is 123 Å². The van der Waals surface area contributed by atoms with E-state index in [1.54, 1.807) is 20.8 Å². The summed E-state index contributed by atoms with van der Waals surface area (Å²) in [5.74, 6) is -7.29. The molecule has 0 aromatic carbocycles. The first-order valence-corrected chi connectivity index (χ1v) is 17.9. The first-order chi connectivity index (χ1) is 21.9. The van der Waals surface area contributed by atoms with Crippen molar-refractivity contribution in [2.45, 2.75) is 122 Å². The number of ether oxygens (including phenoxy) is 5. The maximum Gasteiger partial charge on any atom is 0.316 e. The van der Waals surface area contributed by atoms with Crippen LogP contribution in [0.4, 0.5) is 0 Å². The molecule has 14 nitrogen and oxygen atoms in total. The molecule has 2 saturated heterocycles. The van der Waals surface area contributed by atoms with E-state index in [0.29, 0.717) is 6.42 Å². The Morgan fingerprint density at radius 2 is 1.60 bits per heavy atom. The number of carbonyl (C=O) groups is 4. The lowest BCUT2D eigenvalue weighted by Crippen LogP contribution is -2.60. The summed E-state index contributed by atoms with van der Waals surface area (Å²) in [6.07, 6.45) is -4.55. The molecule has 2 aliphatic rings. The van der Waals surface area contributed by atoms with E-state index in [2.05, 4.69) is 6.58 Å². The van der Waals surface area contributed by atoms with Crippen molar-refractivity contribution in [1.29, 1.82) is 0 Å². The Bertz CT molecular complexity index is 1300. The molecular formula is C33H55NO13S. The van der Waals surface area contributed by atoms with Gasteiger partial charge in [-0.1, -0.05) is 27.4 Å². The van der Waals surface area contributed by atoms with E-state index in [0.717, 1.165) is 12.3 Å². The second-order valence-electron chi connectivity index (χ2n) is 14.0. The average molecular weight is 706 g/mol. The quantitative estimate of drug-likeness (QED) is 0.168. The number of cyclic esters (lactones) is 1. The molecular weight excluding hydrogens is 650 g/mol. The molecule has 2 fully saturated rings. The predicted octanol–water partition coefficient (Wildman–Crippen LogP) is 2.05. The number of ketones is 2. The molecule has 15 heteroatoms. The molecule has 0 amide bonds. The molecule has 276 valence electrons. The molecule has 2 aliphatic heterocycles. The zero-order valence-electron chi connectivity index (χ0n) is 30.3. The summed E-state index contributed by atoms with van der Waals surface area (Å²) in [6.45, 7) is 15.5. The summed E-state index contributed by atoms with van der Waals surface area (Å²) in [6, 6.07) is -0.313. The van der Waals surface area contributed by atoms with Crippen LogP contribution in [0.15, 0.2) is 12.7 Å². The third-order valence-electron chi connectivity index (χ3n) is 9.57. The fourth-order valence-electron chi connectivity index (χ4n) is 6.84. The van der Waals surface area contributed by atoms with Crippen LogP contribution >= 0.6 is 0 Å². The van der Waals surface area contributed by atoms with E-state index in [-0.39, 0.29) is 18.6 Å². The predicted molar refractivity (Wildman–Crippen MR) is 174 cm³/mol. The van der Waals surface area contributed by atoms with Gasteiger partial charge in [0.1, 0.15) is 23.4 Å². The maximum absolute atomic E-state index is 14.1. The molecule has 0 bridgehead atoms. The number of esters is 2. The van der Waals surface area contributed by atoms with Crippen LogP contribution in [0.2, 0.25) is 0 Å². The number of rotatable bonds is 8. The van der Waals surface area contributed by atoms with Gasteiger partial charge in [0.15, 0.2) is 24.3 Å². The first kappa shape index (κ1) is 41.9. The van der Waals surface area contributed by atoms with Crippen molar-refractivity contribution >= 4 is 33.6 Å². The van der Waals surface area contributed by atoms with Gasteiger partial charge in [0.05, 0.1) is 30.1 Å². The summed E-state index contributed by atoms with van der Waals surface area (Å²) >= 11 is 0. The number of hydrogen-bond acceptors (Lipinski definition) is 14. The van der Waals surface area contributed by atoms with Crippen molar-refractivity contribution < 1.29 is 60.6 Å². The van der Waals surface area contributed by atoms with Crippen LogP contribution in [0, 0.1) is 23.7 Å². The first-order valence-electron chi connectivity index (χ1n) is 16.1. The lowest BCUT2D eigenvalue weighted by molar-refractivity contribution is -0.298. The van der Waals surface area contributed by atoms with Gasteiger partial charge in [-0.25, -0.2) is 0 Å². The SMILES string of the molecule is C=C[C@H]1OC(=O)[C@H](C)C(=O)[C@H](C)[C@@H](O[C@@H]2O[C@H](C)C[C@H](N(C)C)[C@H]2OC(C)=O)[C@](C)(OC)C[C@@H](C)C(=O)[C@H](C)[C@@H](OS(C)(=O)=O)[C@]1(C)O. The van der Waals surface area contributed by atoms with Gasteiger partial charge in [-0.15, -0.1) is 0 Å². The average Bonchev–Trinajstić information content (AvgIpc) is 2.98. The lowest BCUT2D eigenvalue weighted by atomic mass is 9.74. The van der Waals surface area contributed by atoms with E-state index in [1.165, 1.54) is 34.8 Å². The van der Waals surface area contributed by atoms with Crippen molar-refractivity contribution in [2.24, 2.45) is 23.7 Å². The Morgan fingerprint density at radius 3 is 2.08 bits per heavy atom. The van der Waals surface area contributed by atoms with Gasteiger partial charge in [0.25, 0.3) is 10.1 Å². The molecule has 13 atom stereocenters. The second kappa shape index (κ2) is 16.2. The molecule has 0 radical (unpaired) electrons. The number of hydrogen-bond donors (Lipinski definition) is 1. The molecule has 2 heterocycles. The Kier molecular flexibility index (Phi) is 14.1. The Hall–Kier alpha value is -2.27. The molecule has 0 aromatic rings.